The second kappa shape index (κ2) is 9.98. The first kappa shape index (κ1) is 20.0. The molecule has 2 aromatic rings. The van der Waals surface area contributed by atoms with Gasteiger partial charge in [0.2, 0.25) is 0 Å². The van der Waals surface area contributed by atoms with Crippen LogP contribution < -0.4 is 14.4 Å². The molecule has 0 aliphatic carbocycles. The van der Waals surface area contributed by atoms with Crippen molar-refractivity contribution < 1.29 is 19.2 Å². The van der Waals surface area contributed by atoms with Gasteiger partial charge < -0.3 is 19.3 Å². The van der Waals surface area contributed by atoms with Crippen LogP contribution in [-0.4, -0.2) is 56.7 Å². The number of nitrogens with zero attached hydrogens (tertiary/aromatic N) is 2. The lowest BCUT2D eigenvalue weighted by molar-refractivity contribution is -0.904. The van der Waals surface area contributed by atoms with Crippen LogP contribution in [0.1, 0.15) is 5.56 Å². The minimum absolute atomic E-state index is 0.0131. The maximum atomic E-state index is 12.3. The van der Waals surface area contributed by atoms with Gasteiger partial charge in [-0.2, -0.15) is 5.26 Å². The Kier molecular flexibility index (Phi) is 7.12. The molecule has 1 N–H and O–H groups in total. The molecule has 0 radical (unpaired) electrons. The topological polar surface area (TPSA) is 67.0 Å². The first-order chi connectivity index (χ1) is 13.6. The van der Waals surface area contributed by atoms with Crippen LogP contribution in [0.25, 0.3) is 0 Å². The summed E-state index contributed by atoms with van der Waals surface area (Å²) in [5, 5.41) is 9.49. The monoisotopic (exact) mass is 400 g/mol. The van der Waals surface area contributed by atoms with E-state index in [1.165, 1.54) is 4.90 Å². The van der Waals surface area contributed by atoms with E-state index in [0.29, 0.717) is 36.0 Å². The van der Waals surface area contributed by atoms with Gasteiger partial charge in [-0.1, -0.05) is 11.6 Å². The van der Waals surface area contributed by atoms with E-state index in [9.17, 15) is 4.79 Å². The molecule has 6 nitrogen and oxygen atoms in total. The Morgan fingerprint density at radius 1 is 1.04 bits per heavy atom. The second-order valence-electron chi connectivity index (χ2n) is 6.61. The van der Waals surface area contributed by atoms with Gasteiger partial charge in [-0.25, -0.2) is 0 Å². The van der Waals surface area contributed by atoms with Gasteiger partial charge in [0.25, 0.3) is 5.91 Å². The summed E-state index contributed by atoms with van der Waals surface area (Å²) in [6.45, 7) is 4.76. The van der Waals surface area contributed by atoms with Crippen LogP contribution in [0.3, 0.4) is 0 Å². The van der Waals surface area contributed by atoms with E-state index in [1.807, 2.05) is 29.2 Å². The fourth-order valence-electron chi connectivity index (χ4n) is 3.03. The number of halogens is 1. The van der Waals surface area contributed by atoms with E-state index in [4.69, 9.17) is 26.3 Å². The zero-order chi connectivity index (χ0) is 19.8. The fraction of sp³-hybridized carbons (Fsp3) is 0.333. The number of piperazine rings is 1. The molecule has 1 heterocycles. The van der Waals surface area contributed by atoms with E-state index in [2.05, 4.69) is 6.07 Å². The van der Waals surface area contributed by atoms with E-state index in [1.54, 1.807) is 24.3 Å². The summed E-state index contributed by atoms with van der Waals surface area (Å²) in [5.41, 5.74) is 0.567. The molecule has 1 amide bonds. The van der Waals surface area contributed by atoms with Crippen LogP contribution in [0.5, 0.6) is 11.5 Å². The van der Waals surface area contributed by atoms with Gasteiger partial charge in [-0.05, 0) is 48.5 Å². The predicted molar refractivity (Wildman–Crippen MR) is 106 cm³/mol. The highest BCUT2D eigenvalue weighted by Crippen LogP contribution is 2.15. The summed E-state index contributed by atoms with van der Waals surface area (Å²) < 4.78 is 11.3. The van der Waals surface area contributed by atoms with Crippen molar-refractivity contribution in [3.8, 4) is 17.6 Å². The summed E-state index contributed by atoms with van der Waals surface area (Å²) in [4.78, 5) is 15.6. The van der Waals surface area contributed by atoms with Gasteiger partial charge in [-0.15, -0.1) is 0 Å². The maximum absolute atomic E-state index is 12.3. The van der Waals surface area contributed by atoms with E-state index < -0.39 is 0 Å². The van der Waals surface area contributed by atoms with Crippen molar-refractivity contribution in [3.05, 3.63) is 59.1 Å². The molecular weight excluding hydrogens is 378 g/mol. The number of quaternary nitrogens is 1. The molecule has 28 heavy (non-hydrogen) atoms. The highest BCUT2D eigenvalue weighted by atomic mass is 35.5. The van der Waals surface area contributed by atoms with Gasteiger partial charge in [0.15, 0.2) is 6.61 Å². The summed E-state index contributed by atoms with van der Waals surface area (Å²) in [7, 11) is 0. The SMILES string of the molecule is N#Cc1ccc(OCC(=O)N2CC[NH+](CCOc3ccc(Cl)cc3)CC2)cc1. The highest BCUT2D eigenvalue weighted by molar-refractivity contribution is 6.30. The van der Waals surface area contributed by atoms with Gasteiger partial charge in [0.05, 0.1) is 37.8 Å². The largest absolute Gasteiger partial charge is 0.488 e. The minimum atomic E-state index is -0.0131. The first-order valence-corrected chi connectivity index (χ1v) is 9.64. The Labute approximate surface area is 169 Å². The van der Waals surface area contributed by atoms with Crippen molar-refractivity contribution in [1.29, 1.82) is 5.26 Å². The molecular formula is C21H23ClN3O3+. The lowest BCUT2D eigenvalue weighted by Gasteiger charge is -2.32. The molecule has 1 saturated heterocycles. The summed E-state index contributed by atoms with van der Waals surface area (Å²) in [6.07, 6.45) is 0. The number of hydrogen-bond donors (Lipinski definition) is 1. The van der Waals surface area contributed by atoms with Gasteiger partial charge >= 0.3 is 0 Å². The second-order valence-corrected chi connectivity index (χ2v) is 7.04. The number of carbonyl (C=O) groups excluding carboxylic acids is 1. The molecule has 7 heteroatoms. The third kappa shape index (κ3) is 5.88. The third-order valence-corrected chi connectivity index (χ3v) is 4.96. The number of hydrogen-bond acceptors (Lipinski definition) is 4. The Morgan fingerprint density at radius 3 is 2.29 bits per heavy atom. The van der Waals surface area contributed by atoms with Crippen molar-refractivity contribution in [2.24, 2.45) is 0 Å². The smallest absolute Gasteiger partial charge is 0.260 e. The third-order valence-electron chi connectivity index (χ3n) is 4.71. The number of benzene rings is 2. The van der Waals surface area contributed by atoms with Crippen molar-refractivity contribution in [2.75, 3.05) is 45.9 Å². The number of nitriles is 1. The summed E-state index contributed by atoms with van der Waals surface area (Å²) in [5.74, 6) is 1.40. The van der Waals surface area contributed by atoms with Crippen LogP contribution in [-0.2, 0) is 4.79 Å². The van der Waals surface area contributed by atoms with Crippen LogP contribution in [0.15, 0.2) is 48.5 Å². The normalized spacial score (nSPS) is 14.4. The van der Waals surface area contributed by atoms with Crippen LogP contribution in [0, 0.1) is 11.3 Å². The number of nitrogens with one attached hydrogen (secondary N) is 1. The van der Waals surface area contributed by atoms with E-state index >= 15 is 0 Å². The Morgan fingerprint density at radius 2 is 1.64 bits per heavy atom. The van der Waals surface area contributed by atoms with E-state index in [-0.39, 0.29) is 12.5 Å². The number of rotatable bonds is 7. The van der Waals surface area contributed by atoms with Crippen molar-refractivity contribution in [2.45, 2.75) is 0 Å². The standard InChI is InChI=1S/C21H22ClN3O3/c22-18-3-7-19(8-4-18)27-14-13-24-9-11-25(12-10-24)21(26)16-28-20-5-1-17(15-23)2-6-20/h1-8H,9-14,16H2/p+1. The molecule has 0 saturated carbocycles. The summed E-state index contributed by atoms with van der Waals surface area (Å²) in [6, 6.07) is 16.2. The molecule has 3 rings (SSSR count). The van der Waals surface area contributed by atoms with Crippen LogP contribution >= 0.6 is 11.6 Å². The minimum Gasteiger partial charge on any atom is -0.488 e. The molecule has 2 aromatic carbocycles. The Bertz CT molecular complexity index is 810. The Hall–Kier alpha value is -2.75. The molecule has 0 atom stereocenters. The molecule has 0 bridgehead atoms. The molecule has 0 unspecified atom stereocenters. The van der Waals surface area contributed by atoms with Crippen molar-refractivity contribution in [3.63, 3.8) is 0 Å². The van der Waals surface area contributed by atoms with Crippen LogP contribution in [0.2, 0.25) is 5.02 Å². The molecule has 146 valence electrons. The number of ether oxygens (including phenoxy) is 2. The zero-order valence-corrected chi connectivity index (χ0v) is 16.3. The molecule has 0 aromatic heterocycles. The zero-order valence-electron chi connectivity index (χ0n) is 15.6. The van der Waals surface area contributed by atoms with Gasteiger partial charge in [0, 0.05) is 5.02 Å². The predicted octanol–water partition coefficient (Wildman–Crippen LogP) is 1.40. The van der Waals surface area contributed by atoms with Crippen molar-refractivity contribution >= 4 is 17.5 Å². The molecule has 1 aliphatic rings. The quantitative estimate of drug-likeness (QED) is 0.762. The first-order valence-electron chi connectivity index (χ1n) is 9.27. The average Bonchev–Trinajstić information content (AvgIpc) is 2.74. The van der Waals surface area contributed by atoms with Crippen molar-refractivity contribution in [1.82, 2.24) is 4.90 Å². The number of amides is 1. The maximum Gasteiger partial charge on any atom is 0.260 e. The lowest BCUT2D eigenvalue weighted by Crippen LogP contribution is -3.15. The van der Waals surface area contributed by atoms with E-state index in [0.717, 1.165) is 25.4 Å². The molecule has 1 fully saturated rings. The average molecular weight is 401 g/mol. The summed E-state index contributed by atoms with van der Waals surface area (Å²) >= 11 is 5.86. The van der Waals surface area contributed by atoms with Gasteiger partial charge in [-0.3, -0.25) is 4.79 Å². The van der Waals surface area contributed by atoms with Gasteiger partial charge in [0.1, 0.15) is 24.7 Å². The molecule has 1 aliphatic heterocycles. The Balaban J connectivity index is 1.34. The number of carbonyl (C=O) groups is 1. The lowest BCUT2D eigenvalue weighted by atomic mass is 10.2. The molecule has 0 spiro atoms. The van der Waals surface area contributed by atoms with Crippen LogP contribution in [0.4, 0.5) is 0 Å². The highest BCUT2D eigenvalue weighted by Gasteiger charge is 2.23. The fourth-order valence-corrected chi connectivity index (χ4v) is 3.15.